The van der Waals surface area contributed by atoms with Gasteiger partial charge in [-0.1, -0.05) is 11.6 Å². The first kappa shape index (κ1) is 17.6. The van der Waals surface area contributed by atoms with Crippen LogP contribution < -0.4 is 5.32 Å². The van der Waals surface area contributed by atoms with Crippen molar-refractivity contribution in [2.75, 3.05) is 13.6 Å². The summed E-state index contributed by atoms with van der Waals surface area (Å²) < 4.78 is 3.58. The second kappa shape index (κ2) is 7.77. The number of amides is 1. The zero-order valence-electron chi connectivity index (χ0n) is 15.3. The summed E-state index contributed by atoms with van der Waals surface area (Å²) in [5.74, 6) is -0.120. The van der Waals surface area contributed by atoms with Gasteiger partial charge in [-0.15, -0.1) is 5.10 Å². The van der Waals surface area contributed by atoms with Crippen molar-refractivity contribution in [3.63, 3.8) is 0 Å². The van der Waals surface area contributed by atoms with Crippen molar-refractivity contribution in [2.45, 2.75) is 51.7 Å². The predicted molar refractivity (Wildman–Crippen MR) is 94.0 cm³/mol. The summed E-state index contributed by atoms with van der Waals surface area (Å²) in [6, 6.07) is 0.549. The van der Waals surface area contributed by atoms with Crippen LogP contribution in [0.2, 0.25) is 0 Å². The quantitative estimate of drug-likeness (QED) is 0.849. The molecule has 1 unspecified atom stereocenters. The van der Waals surface area contributed by atoms with Crippen molar-refractivity contribution < 1.29 is 4.79 Å². The van der Waals surface area contributed by atoms with Gasteiger partial charge in [0.15, 0.2) is 5.69 Å². The van der Waals surface area contributed by atoms with Gasteiger partial charge in [0.2, 0.25) is 0 Å². The third kappa shape index (κ3) is 4.25. The fourth-order valence-corrected chi connectivity index (χ4v) is 3.19. The van der Waals surface area contributed by atoms with Gasteiger partial charge in [0, 0.05) is 44.5 Å². The summed E-state index contributed by atoms with van der Waals surface area (Å²) in [5, 5.41) is 15.9. The Morgan fingerprint density at radius 1 is 1.44 bits per heavy atom. The third-order valence-corrected chi connectivity index (χ3v) is 4.97. The standard InChI is InChI=1S/C17H27N7O/c1-13-14(10-19-23(13)3)11-22(2)17(25)16-12-24(21-20-16)9-7-15-6-4-5-8-18-15/h10,12,15,18H,4-9,11H2,1-3H3. The number of aromatic nitrogens is 5. The lowest BCUT2D eigenvalue weighted by Gasteiger charge is -2.23. The fraction of sp³-hybridized carbons (Fsp3) is 0.647. The van der Waals surface area contributed by atoms with Crippen LogP contribution in [-0.4, -0.2) is 55.2 Å². The molecule has 1 N–H and O–H groups in total. The molecule has 8 nitrogen and oxygen atoms in total. The number of carbonyl (C=O) groups is 1. The van der Waals surface area contributed by atoms with Gasteiger partial charge in [0.05, 0.1) is 12.4 Å². The molecule has 1 saturated heterocycles. The van der Waals surface area contributed by atoms with E-state index in [-0.39, 0.29) is 5.91 Å². The second-order valence-corrected chi connectivity index (χ2v) is 6.84. The molecule has 1 aliphatic rings. The Morgan fingerprint density at radius 3 is 2.96 bits per heavy atom. The van der Waals surface area contributed by atoms with Gasteiger partial charge in [-0.2, -0.15) is 5.10 Å². The minimum Gasteiger partial charge on any atom is -0.336 e. The molecule has 1 aliphatic heterocycles. The third-order valence-electron chi connectivity index (χ3n) is 4.97. The van der Waals surface area contributed by atoms with Crippen LogP contribution in [0.3, 0.4) is 0 Å². The van der Waals surface area contributed by atoms with Crippen LogP contribution in [0.25, 0.3) is 0 Å². The van der Waals surface area contributed by atoms with Crippen LogP contribution in [0.5, 0.6) is 0 Å². The minimum atomic E-state index is -0.120. The molecule has 0 spiro atoms. The van der Waals surface area contributed by atoms with Crippen molar-refractivity contribution >= 4 is 5.91 Å². The number of rotatable bonds is 6. The normalized spacial score (nSPS) is 17.6. The number of nitrogens with zero attached hydrogens (tertiary/aromatic N) is 6. The van der Waals surface area contributed by atoms with E-state index >= 15 is 0 Å². The summed E-state index contributed by atoms with van der Waals surface area (Å²) >= 11 is 0. The molecule has 8 heteroatoms. The zero-order chi connectivity index (χ0) is 17.8. The van der Waals surface area contributed by atoms with E-state index in [0.717, 1.165) is 30.8 Å². The fourth-order valence-electron chi connectivity index (χ4n) is 3.19. The number of nitrogens with one attached hydrogen (secondary N) is 1. The molecule has 2 aromatic heterocycles. The van der Waals surface area contributed by atoms with Crippen LogP contribution >= 0.6 is 0 Å². The lowest BCUT2D eigenvalue weighted by molar-refractivity contribution is 0.0779. The molecule has 0 radical (unpaired) electrons. The molecule has 0 bridgehead atoms. The van der Waals surface area contributed by atoms with Crippen molar-refractivity contribution in [1.82, 2.24) is 35.0 Å². The largest absolute Gasteiger partial charge is 0.336 e. The average molecular weight is 345 g/mol. The van der Waals surface area contributed by atoms with E-state index in [0.29, 0.717) is 18.3 Å². The summed E-state index contributed by atoms with van der Waals surface area (Å²) in [6.45, 7) is 4.39. The van der Waals surface area contributed by atoms with Gasteiger partial charge >= 0.3 is 0 Å². The van der Waals surface area contributed by atoms with Crippen LogP contribution in [-0.2, 0) is 20.1 Å². The van der Waals surface area contributed by atoms with E-state index in [4.69, 9.17) is 0 Å². The molecular weight excluding hydrogens is 318 g/mol. The molecule has 1 fully saturated rings. The van der Waals surface area contributed by atoms with Crippen LogP contribution in [0.4, 0.5) is 0 Å². The van der Waals surface area contributed by atoms with Crippen molar-refractivity contribution in [3.8, 4) is 0 Å². The van der Waals surface area contributed by atoms with Gasteiger partial charge in [0.1, 0.15) is 0 Å². The summed E-state index contributed by atoms with van der Waals surface area (Å²) in [5.41, 5.74) is 2.48. The number of piperidine rings is 1. The first-order chi connectivity index (χ1) is 12.0. The Bertz CT molecular complexity index is 714. The highest BCUT2D eigenvalue weighted by atomic mass is 16.2. The highest BCUT2D eigenvalue weighted by molar-refractivity contribution is 5.91. The molecule has 2 aromatic rings. The van der Waals surface area contributed by atoms with Gasteiger partial charge in [0.25, 0.3) is 5.91 Å². The molecule has 3 rings (SSSR count). The van der Waals surface area contributed by atoms with Crippen LogP contribution in [0.15, 0.2) is 12.4 Å². The topological polar surface area (TPSA) is 80.9 Å². The van der Waals surface area contributed by atoms with Gasteiger partial charge in [-0.05, 0) is 32.7 Å². The van der Waals surface area contributed by atoms with Gasteiger partial charge in [-0.3, -0.25) is 14.2 Å². The number of hydrogen-bond acceptors (Lipinski definition) is 5. The maximum absolute atomic E-state index is 12.6. The minimum absolute atomic E-state index is 0.120. The maximum atomic E-state index is 12.6. The SMILES string of the molecule is Cc1c(CN(C)C(=O)c2cn(CCC3CCCCN3)nn2)cnn1C. The monoisotopic (exact) mass is 345 g/mol. The van der Waals surface area contributed by atoms with Crippen molar-refractivity contribution in [3.05, 3.63) is 29.3 Å². The molecule has 3 heterocycles. The van der Waals surface area contributed by atoms with E-state index in [9.17, 15) is 4.79 Å². The summed E-state index contributed by atoms with van der Waals surface area (Å²) in [4.78, 5) is 14.2. The van der Waals surface area contributed by atoms with Crippen LogP contribution in [0.1, 0.15) is 47.4 Å². The van der Waals surface area contributed by atoms with E-state index in [1.165, 1.54) is 19.3 Å². The molecule has 1 atom stereocenters. The van der Waals surface area contributed by atoms with E-state index < -0.39 is 0 Å². The van der Waals surface area contributed by atoms with Crippen LogP contribution in [0, 0.1) is 6.92 Å². The second-order valence-electron chi connectivity index (χ2n) is 6.84. The Balaban J connectivity index is 1.55. The smallest absolute Gasteiger partial charge is 0.276 e. The molecule has 0 aliphatic carbocycles. The molecular formula is C17H27N7O. The number of aryl methyl sites for hydroxylation is 2. The summed E-state index contributed by atoms with van der Waals surface area (Å²) in [6.07, 6.45) is 8.33. The van der Waals surface area contributed by atoms with Crippen molar-refractivity contribution in [2.24, 2.45) is 7.05 Å². The Kier molecular flexibility index (Phi) is 5.47. The lowest BCUT2D eigenvalue weighted by Crippen LogP contribution is -2.34. The molecule has 1 amide bonds. The molecule has 25 heavy (non-hydrogen) atoms. The number of carbonyl (C=O) groups excluding carboxylic acids is 1. The molecule has 0 aromatic carbocycles. The van der Waals surface area contributed by atoms with Gasteiger partial charge in [-0.25, -0.2) is 0 Å². The lowest BCUT2D eigenvalue weighted by atomic mass is 10.0. The van der Waals surface area contributed by atoms with Crippen molar-refractivity contribution in [1.29, 1.82) is 0 Å². The molecule has 0 saturated carbocycles. The summed E-state index contributed by atoms with van der Waals surface area (Å²) in [7, 11) is 3.67. The Hall–Kier alpha value is -2.22. The first-order valence-electron chi connectivity index (χ1n) is 8.91. The Morgan fingerprint density at radius 2 is 2.28 bits per heavy atom. The van der Waals surface area contributed by atoms with E-state index in [1.54, 1.807) is 29.0 Å². The highest BCUT2D eigenvalue weighted by Gasteiger charge is 2.18. The van der Waals surface area contributed by atoms with Gasteiger partial charge < -0.3 is 10.2 Å². The Labute approximate surface area is 148 Å². The average Bonchev–Trinajstić information content (AvgIpc) is 3.22. The molecule has 136 valence electrons. The maximum Gasteiger partial charge on any atom is 0.276 e. The predicted octanol–water partition coefficient (Wildman–Crippen LogP) is 1.12. The zero-order valence-corrected chi connectivity index (χ0v) is 15.3. The van der Waals surface area contributed by atoms with E-state index in [1.807, 2.05) is 18.7 Å². The highest BCUT2D eigenvalue weighted by Crippen LogP contribution is 2.12. The van der Waals surface area contributed by atoms with E-state index in [2.05, 4.69) is 20.7 Å². The number of hydrogen-bond donors (Lipinski definition) is 1. The first-order valence-corrected chi connectivity index (χ1v) is 8.91.